The average Bonchev–Trinajstić information content (AvgIpc) is 2.95. The molecule has 0 aliphatic carbocycles. The van der Waals surface area contributed by atoms with Crippen molar-refractivity contribution >= 4 is 29.2 Å². The van der Waals surface area contributed by atoms with Gasteiger partial charge in [-0.25, -0.2) is 9.59 Å². The Kier molecular flexibility index (Phi) is 7.93. The molecule has 0 spiro atoms. The number of esters is 2. The number of hydrogen-bond acceptors (Lipinski definition) is 8. The SMILES string of the molecule is COC(=O)C1=C(C(=O)OC)N(c2ccc(Oc3ccc(C)c(C)c3)c(Cl)c2)C(N)=C(C#N)C1c1ccccc1. The number of nitrogens with zero attached hydrogens (tertiary/aromatic N) is 2. The number of allylic oxidation sites excluding steroid dienone is 1. The quantitative estimate of drug-likeness (QED) is 0.397. The van der Waals surface area contributed by atoms with E-state index in [2.05, 4.69) is 6.07 Å². The van der Waals surface area contributed by atoms with Gasteiger partial charge in [-0.05, 0) is 60.9 Å². The summed E-state index contributed by atoms with van der Waals surface area (Å²) in [5.41, 5.74) is 9.39. The first-order chi connectivity index (χ1) is 18.7. The molecule has 0 saturated carbocycles. The van der Waals surface area contributed by atoms with E-state index in [0.717, 1.165) is 11.1 Å². The van der Waals surface area contributed by atoms with E-state index in [1.807, 2.05) is 32.0 Å². The Bertz CT molecular complexity index is 1560. The summed E-state index contributed by atoms with van der Waals surface area (Å²) >= 11 is 6.60. The van der Waals surface area contributed by atoms with Gasteiger partial charge in [0.1, 0.15) is 23.0 Å². The van der Waals surface area contributed by atoms with Gasteiger partial charge in [0, 0.05) is 5.69 Å². The van der Waals surface area contributed by atoms with E-state index in [9.17, 15) is 14.9 Å². The highest BCUT2D eigenvalue weighted by molar-refractivity contribution is 6.32. The molecule has 0 radical (unpaired) electrons. The van der Waals surface area contributed by atoms with Gasteiger partial charge >= 0.3 is 11.9 Å². The molecule has 0 bridgehead atoms. The molecule has 198 valence electrons. The lowest BCUT2D eigenvalue weighted by Gasteiger charge is -2.36. The van der Waals surface area contributed by atoms with Gasteiger partial charge in [-0.3, -0.25) is 4.90 Å². The van der Waals surface area contributed by atoms with Crippen molar-refractivity contribution in [2.75, 3.05) is 19.1 Å². The number of benzene rings is 3. The van der Waals surface area contributed by atoms with Crippen LogP contribution in [0.15, 0.2) is 89.4 Å². The van der Waals surface area contributed by atoms with Crippen LogP contribution in [0.2, 0.25) is 5.02 Å². The first-order valence-electron chi connectivity index (χ1n) is 11.9. The summed E-state index contributed by atoms with van der Waals surface area (Å²) in [6, 6.07) is 21.3. The molecule has 4 rings (SSSR count). The number of aryl methyl sites for hydroxylation is 2. The van der Waals surface area contributed by atoms with E-state index in [-0.39, 0.29) is 27.7 Å². The molecule has 3 aromatic rings. The topological polar surface area (TPSA) is 115 Å². The van der Waals surface area contributed by atoms with Crippen LogP contribution >= 0.6 is 11.6 Å². The van der Waals surface area contributed by atoms with Crippen molar-refractivity contribution < 1.29 is 23.8 Å². The lowest BCUT2D eigenvalue weighted by Crippen LogP contribution is -2.40. The number of methoxy groups -OCH3 is 2. The molecule has 1 aliphatic rings. The minimum atomic E-state index is -0.961. The Labute approximate surface area is 231 Å². The molecule has 3 aromatic carbocycles. The zero-order valence-electron chi connectivity index (χ0n) is 21.8. The number of ether oxygens (including phenoxy) is 3. The summed E-state index contributed by atoms with van der Waals surface area (Å²) < 4.78 is 16.1. The van der Waals surface area contributed by atoms with Crippen molar-refractivity contribution in [3.8, 4) is 17.6 Å². The molecule has 0 aromatic heterocycles. The average molecular weight is 544 g/mol. The molecule has 2 N–H and O–H groups in total. The smallest absolute Gasteiger partial charge is 0.355 e. The Morgan fingerprint density at radius 1 is 0.949 bits per heavy atom. The number of hydrogen-bond donors (Lipinski definition) is 1. The van der Waals surface area contributed by atoms with Crippen LogP contribution < -0.4 is 15.4 Å². The van der Waals surface area contributed by atoms with Crippen molar-refractivity contribution in [2.45, 2.75) is 19.8 Å². The summed E-state index contributed by atoms with van der Waals surface area (Å²) in [5.74, 6) is -1.71. The predicted octanol–water partition coefficient (Wildman–Crippen LogP) is 5.65. The van der Waals surface area contributed by atoms with Crippen LogP contribution in [0, 0.1) is 25.2 Å². The van der Waals surface area contributed by atoms with Crippen molar-refractivity contribution in [2.24, 2.45) is 5.73 Å². The van der Waals surface area contributed by atoms with Gasteiger partial charge in [0.25, 0.3) is 0 Å². The molecular weight excluding hydrogens is 518 g/mol. The fourth-order valence-electron chi connectivity index (χ4n) is 4.40. The highest BCUT2D eigenvalue weighted by atomic mass is 35.5. The summed E-state index contributed by atoms with van der Waals surface area (Å²) in [6.07, 6.45) is 0. The fraction of sp³-hybridized carbons (Fsp3) is 0.167. The maximum Gasteiger partial charge on any atom is 0.355 e. The maximum absolute atomic E-state index is 13.2. The van der Waals surface area contributed by atoms with Crippen LogP contribution in [0.3, 0.4) is 0 Å². The molecule has 1 atom stereocenters. The van der Waals surface area contributed by atoms with Crippen LogP contribution in [-0.4, -0.2) is 26.2 Å². The largest absolute Gasteiger partial charge is 0.466 e. The molecule has 1 heterocycles. The second-order valence-corrected chi connectivity index (χ2v) is 9.21. The molecule has 9 heteroatoms. The third-order valence-corrected chi connectivity index (χ3v) is 6.79. The number of anilines is 1. The van der Waals surface area contributed by atoms with Gasteiger partial charge in [0.15, 0.2) is 0 Å². The third-order valence-electron chi connectivity index (χ3n) is 6.49. The molecule has 1 aliphatic heterocycles. The number of nitrogens with two attached hydrogens (primary N) is 1. The van der Waals surface area contributed by atoms with E-state index >= 15 is 0 Å². The van der Waals surface area contributed by atoms with Crippen LogP contribution in [0.4, 0.5) is 5.69 Å². The number of halogens is 1. The van der Waals surface area contributed by atoms with Crippen LogP contribution in [0.25, 0.3) is 0 Å². The first kappa shape index (κ1) is 27.3. The van der Waals surface area contributed by atoms with Gasteiger partial charge < -0.3 is 19.9 Å². The minimum absolute atomic E-state index is 0.0563. The van der Waals surface area contributed by atoms with Gasteiger partial charge in [-0.2, -0.15) is 5.26 Å². The van der Waals surface area contributed by atoms with E-state index < -0.39 is 17.9 Å². The van der Waals surface area contributed by atoms with Crippen molar-refractivity contribution in [3.63, 3.8) is 0 Å². The number of rotatable bonds is 6. The molecule has 8 nitrogen and oxygen atoms in total. The minimum Gasteiger partial charge on any atom is -0.466 e. The van der Waals surface area contributed by atoms with Crippen LogP contribution in [-0.2, 0) is 19.1 Å². The summed E-state index contributed by atoms with van der Waals surface area (Å²) in [4.78, 5) is 27.7. The highest BCUT2D eigenvalue weighted by Gasteiger charge is 2.43. The Hall–Kier alpha value is -4.74. The number of carbonyl (C=O) groups is 2. The lowest BCUT2D eigenvalue weighted by molar-refractivity contribution is -0.139. The summed E-state index contributed by atoms with van der Waals surface area (Å²) in [6.45, 7) is 3.98. The Balaban J connectivity index is 1.89. The van der Waals surface area contributed by atoms with Crippen molar-refractivity contribution in [3.05, 3.63) is 111 Å². The van der Waals surface area contributed by atoms with Gasteiger partial charge in [0.05, 0.1) is 42.4 Å². The van der Waals surface area contributed by atoms with E-state index in [0.29, 0.717) is 22.7 Å². The molecule has 0 amide bonds. The van der Waals surface area contributed by atoms with E-state index in [1.165, 1.54) is 25.2 Å². The van der Waals surface area contributed by atoms with Gasteiger partial charge in [0.2, 0.25) is 0 Å². The molecule has 39 heavy (non-hydrogen) atoms. The van der Waals surface area contributed by atoms with E-state index in [1.54, 1.807) is 42.5 Å². The summed E-state index contributed by atoms with van der Waals surface area (Å²) in [7, 11) is 2.38. The van der Waals surface area contributed by atoms with Crippen LogP contribution in [0.1, 0.15) is 22.6 Å². The number of nitriles is 1. The van der Waals surface area contributed by atoms with Gasteiger partial charge in [-0.1, -0.05) is 48.0 Å². The lowest BCUT2D eigenvalue weighted by atomic mass is 9.81. The van der Waals surface area contributed by atoms with Gasteiger partial charge in [-0.15, -0.1) is 0 Å². The third kappa shape index (κ3) is 5.17. The maximum atomic E-state index is 13.2. The fourth-order valence-corrected chi connectivity index (χ4v) is 4.61. The second-order valence-electron chi connectivity index (χ2n) is 8.80. The zero-order chi connectivity index (χ0) is 28.3. The number of carbonyl (C=O) groups excluding carboxylic acids is 2. The zero-order valence-corrected chi connectivity index (χ0v) is 22.6. The second kappa shape index (κ2) is 11.3. The summed E-state index contributed by atoms with van der Waals surface area (Å²) in [5, 5.41) is 10.4. The first-order valence-corrected chi connectivity index (χ1v) is 12.3. The monoisotopic (exact) mass is 543 g/mol. The standard InChI is InChI=1S/C30H26ClN3O5/c1-17-10-12-21(14-18(17)2)39-24-13-11-20(15-23(24)31)34-27(30(36)38-4)26(29(35)37-3)25(22(16-32)28(34)33)19-8-6-5-7-9-19/h5-15,25H,33H2,1-4H3. The molecule has 0 saturated heterocycles. The van der Waals surface area contributed by atoms with Crippen LogP contribution in [0.5, 0.6) is 11.5 Å². The Morgan fingerprint density at radius 3 is 2.23 bits per heavy atom. The van der Waals surface area contributed by atoms with Crippen molar-refractivity contribution in [1.29, 1.82) is 5.26 Å². The Morgan fingerprint density at radius 2 is 1.64 bits per heavy atom. The highest BCUT2D eigenvalue weighted by Crippen LogP contribution is 2.44. The molecule has 0 fully saturated rings. The van der Waals surface area contributed by atoms with Crippen molar-refractivity contribution in [1.82, 2.24) is 0 Å². The molecular formula is C30H26ClN3O5. The van der Waals surface area contributed by atoms with E-state index in [4.69, 9.17) is 31.5 Å². The molecule has 1 unspecified atom stereocenters. The predicted molar refractivity (Wildman–Crippen MR) is 147 cm³/mol. The normalized spacial score (nSPS) is 15.1.